The summed E-state index contributed by atoms with van der Waals surface area (Å²) in [6.07, 6.45) is 18.5. The second kappa shape index (κ2) is 11.6. The second-order valence-corrected chi connectivity index (χ2v) is 14.9. The number of rotatable bonds is 5. The normalized spacial score (nSPS) is 21.7. The minimum atomic E-state index is -0.165. The summed E-state index contributed by atoms with van der Waals surface area (Å²) < 4.78 is 0. The number of benzene rings is 6. The summed E-state index contributed by atoms with van der Waals surface area (Å²) in [7, 11) is 0. The smallest absolute Gasteiger partial charge is 0.0551 e. The van der Waals surface area contributed by atoms with E-state index in [-0.39, 0.29) is 5.41 Å². The van der Waals surface area contributed by atoms with E-state index in [2.05, 4.69) is 206 Å². The SMILES string of the molecule is CC1(C)c2cc(N(c3ccc(-c4ccccc4)cc3)c3cccc4ccccc34)ccc2-c2ccc(N3C4C=CC=CC4C4C=CC=CC43)cc21. The second-order valence-electron chi connectivity index (χ2n) is 14.9. The Morgan fingerprint density at radius 2 is 1.10 bits per heavy atom. The van der Waals surface area contributed by atoms with Crippen molar-refractivity contribution in [1.29, 1.82) is 0 Å². The summed E-state index contributed by atoms with van der Waals surface area (Å²) in [4.78, 5) is 5.11. The van der Waals surface area contributed by atoms with E-state index in [0.29, 0.717) is 23.9 Å². The molecule has 10 rings (SSSR count). The van der Waals surface area contributed by atoms with Crippen molar-refractivity contribution in [1.82, 2.24) is 0 Å². The van der Waals surface area contributed by atoms with Gasteiger partial charge >= 0.3 is 0 Å². The molecular formula is C49H40N2. The summed E-state index contributed by atoms with van der Waals surface area (Å²) in [5.41, 5.74) is 12.5. The summed E-state index contributed by atoms with van der Waals surface area (Å²) in [6.45, 7) is 4.81. The molecule has 0 bridgehead atoms. The van der Waals surface area contributed by atoms with Gasteiger partial charge < -0.3 is 9.80 Å². The topological polar surface area (TPSA) is 6.48 Å². The lowest BCUT2D eigenvalue weighted by Crippen LogP contribution is -2.37. The molecular weight excluding hydrogens is 617 g/mol. The standard InChI is InChI=1S/C49H40N2/c1-49(2)44-31-37(50(46-22-12-16-35-15-6-7-17-39(35)46)36-25-23-34(24-26-36)33-13-4-3-5-14-33)27-29-40(44)41-30-28-38(32-45(41)49)51-47-20-10-8-18-42(47)43-19-9-11-21-48(43)51/h3-32,42-43,47-48H,1-2H3. The molecule has 6 aromatic rings. The Balaban J connectivity index is 1.07. The lowest BCUT2D eigenvalue weighted by Gasteiger charge is -2.33. The van der Waals surface area contributed by atoms with Gasteiger partial charge in [-0.3, -0.25) is 0 Å². The molecule has 0 N–H and O–H groups in total. The van der Waals surface area contributed by atoms with Crippen LogP contribution in [-0.2, 0) is 5.41 Å². The van der Waals surface area contributed by atoms with E-state index in [0.717, 1.165) is 5.69 Å². The van der Waals surface area contributed by atoms with Crippen molar-refractivity contribution in [3.05, 3.63) is 193 Å². The third-order valence-electron chi connectivity index (χ3n) is 11.8. The van der Waals surface area contributed by atoms with Crippen LogP contribution in [0.2, 0.25) is 0 Å². The molecule has 1 saturated heterocycles. The molecule has 1 heterocycles. The first kappa shape index (κ1) is 30.0. The Morgan fingerprint density at radius 3 is 1.84 bits per heavy atom. The quantitative estimate of drug-likeness (QED) is 0.182. The molecule has 4 atom stereocenters. The highest BCUT2D eigenvalue weighted by atomic mass is 15.2. The van der Waals surface area contributed by atoms with E-state index in [9.17, 15) is 0 Å². The van der Waals surface area contributed by atoms with Crippen LogP contribution in [0.5, 0.6) is 0 Å². The molecule has 4 unspecified atom stereocenters. The first-order valence-corrected chi connectivity index (χ1v) is 18.3. The molecule has 246 valence electrons. The van der Waals surface area contributed by atoms with Gasteiger partial charge in [-0.2, -0.15) is 0 Å². The number of fused-ring (bicyclic) bond motifs is 7. The van der Waals surface area contributed by atoms with E-state index < -0.39 is 0 Å². The van der Waals surface area contributed by atoms with E-state index >= 15 is 0 Å². The van der Waals surface area contributed by atoms with Crippen LogP contribution < -0.4 is 9.80 Å². The minimum absolute atomic E-state index is 0.165. The zero-order chi connectivity index (χ0) is 34.1. The third-order valence-corrected chi connectivity index (χ3v) is 11.8. The maximum Gasteiger partial charge on any atom is 0.0551 e. The zero-order valence-corrected chi connectivity index (χ0v) is 29.0. The summed E-state index contributed by atoms with van der Waals surface area (Å²) >= 11 is 0. The van der Waals surface area contributed by atoms with Crippen LogP contribution in [0.1, 0.15) is 25.0 Å². The molecule has 0 radical (unpaired) electrons. The Bertz CT molecular complexity index is 2390. The van der Waals surface area contributed by atoms with Crippen molar-refractivity contribution < 1.29 is 0 Å². The Morgan fingerprint density at radius 1 is 0.510 bits per heavy atom. The van der Waals surface area contributed by atoms with Crippen LogP contribution >= 0.6 is 0 Å². The van der Waals surface area contributed by atoms with Crippen LogP contribution in [0.15, 0.2) is 182 Å². The molecule has 0 amide bonds. The molecule has 1 fully saturated rings. The van der Waals surface area contributed by atoms with Crippen molar-refractivity contribution in [3.63, 3.8) is 0 Å². The third kappa shape index (κ3) is 4.70. The van der Waals surface area contributed by atoms with Crippen molar-refractivity contribution in [2.45, 2.75) is 31.3 Å². The van der Waals surface area contributed by atoms with Crippen LogP contribution in [0.3, 0.4) is 0 Å². The van der Waals surface area contributed by atoms with E-state index in [1.807, 2.05) is 0 Å². The fraction of sp³-hybridized carbons (Fsp3) is 0.143. The Labute approximate surface area is 301 Å². The van der Waals surface area contributed by atoms with Crippen molar-refractivity contribution in [2.75, 3.05) is 9.80 Å². The first-order valence-electron chi connectivity index (χ1n) is 18.3. The van der Waals surface area contributed by atoms with Gasteiger partial charge in [0.25, 0.3) is 0 Å². The average Bonchev–Trinajstić information content (AvgIpc) is 3.64. The van der Waals surface area contributed by atoms with Crippen LogP contribution in [-0.4, -0.2) is 12.1 Å². The summed E-state index contributed by atoms with van der Waals surface area (Å²) in [6, 6.07) is 50.1. The predicted molar refractivity (Wildman–Crippen MR) is 215 cm³/mol. The number of nitrogens with zero attached hydrogens (tertiary/aromatic N) is 2. The van der Waals surface area contributed by atoms with Gasteiger partial charge in [0.05, 0.1) is 17.8 Å². The van der Waals surface area contributed by atoms with E-state index in [4.69, 9.17) is 0 Å². The van der Waals surface area contributed by atoms with Gasteiger partial charge in [-0.1, -0.05) is 153 Å². The molecule has 0 spiro atoms. The molecule has 51 heavy (non-hydrogen) atoms. The van der Waals surface area contributed by atoms with E-state index in [1.54, 1.807) is 0 Å². The fourth-order valence-electron chi connectivity index (χ4n) is 9.31. The average molecular weight is 657 g/mol. The van der Waals surface area contributed by atoms with Crippen LogP contribution in [0.25, 0.3) is 33.0 Å². The van der Waals surface area contributed by atoms with Crippen molar-refractivity contribution in [2.24, 2.45) is 11.8 Å². The van der Waals surface area contributed by atoms with Crippen LogP contribution in [0, 0.1) is 11.8 Å². The number of allylic oxidation sites excluding steroid dienone is 4. The zero-order valence-electron chi connectivity index (χ0n) is 29.0. The van der Waals surface area contributed by atoms with Crippen LogP contribution in [0.4, 0.5) is 22.7 Å². The van der Waals surface area contributed by atoms with Gasteiger partial charge in [-0.15, -0.1) is 0 Å². The van der Waals surface area contributed by atoms with Gasteiger partial charge in [0, 0.05) is 39.7 Å². The summed E-state index contributed by atoms with van der Waals surface area (Å²) in [5, 5.41) is 2.47. The summed E-state index contributed by atoms with van der Waals surface area (Å²) in [5.74, 6) is 0.980. The monoisotopic (exact) mass is 656 g/mol. The number of hydrogen-bond acceptors (Lipinski definition) is 2. The van der Waals surface area contributed by atoms with E-state index in [1.165, 1.54) is 61.2 Å². The van der Waals surface area contributed by atoms with Gasteiger partial charge in [-0.05, 0) is 81.2 Å². The molecule has 6 aromatic carbocycles. The first-order chi connectivity index (χ1) is 25.1. The van der Waals surface area contributed by atoms with Crippen molar-refractivity contribution >= 4 is 33.5 Å². The molecule has 2 heteroatoms. The van der Waals surface area contributed by atoms with Crippen molar-refractivity contribution in [3.8, 4) is 22.3 Å². The maximum absolute atomic E-state index is 2.67. The largest absolute Gasteiger partial charge is 0.357 e. The highest BCUT2D eigenvalue weighted by Crippen LogP contribution is 2.53. The Kier molecular flexibility index (Phi) is 6.83. The molecule has 4 aliphatic rings. The Hall–Kier alpha value is -5.86. The minimum Gasteiger partial charge on any atom is -0.357 e. The highest BCUT2D eigenvalue weighted by molar-refractivity contribution is 5.99. The van der Waals surface area contributed by atoms with Gasteiger partial charge in [0.15, 0.2) is 0 Å². The predicted octanol–water partition coefficient (Wildman–Crippen LogP) is 12.3. The van der Waals surface area contributed by atoms with Gasteiger partial charge in [-0.25, -0.2) is 0 Å². The van der Waals surface area contributed by atoms with Gasteiger partial charge in [0.1, 0.15) is 0 Å². The number of anilines is 4. The molecule has 1 aliphatic heterocycles. The fourth-order valence-corrected chi connectivity index (χ4v) is 9.31. The number of hydrogen-bond donors (Lipinski definition) is 0. The molecule has 2 nitrogen and oxygen atoms in total. The molecule has 0 aromatic heterocycles. The lowest BCUT2D eigenvalue weighted by molar-refractivity contribution is 0.527. The lowest BCUT2D eigenvalue weighted by atomic mass is 9.82. The van der Waals surface area contributed by atoms with Gasteiger partial charge in [0.2, 0.25) is 0 Å². The molecule has 3 aliphatic carbocycles. The highest BCUT2D eigenvalue weighted by Gasteiger charge is 2.46. The maximum atomic E-state index is 2.67. The molecule has 0 saturated carbocycles.